The van der Waals surface area contributed by atoms with Crippen molar-refractivity contribution >= 4 is 21.6 Å². The summed E-state index contributed by atoms with van der Waals surface area (Å²) >= 11 is 3.16. The molecule has 0 unspecified atom stereocenters. The van der Waals surface area contributed by atoms with Crippen molar-refractivity contribution in [2.24, 2.45) is 0 Å². The minimum atomic E-state index is -4.51. The van der Waals surface area contributed by atoms with Crippen molar-refractivity contribution < 1.29 is 17.6 Å². The van der Waals surface area contributed by atoms with Crippen LogP contribution in [0.4, 0.5) is 23.2 Å². The Morgan fingerprint density at radius 2 is 1.96 bits per heavy atom. The number of hydrogen-bond acceptors (Lipinski definition) is 4. The van der Waals surface area contributed by atoms with Crippen molar-refractivity contribution in [2.75, 3.05) is 5.32 Å². The number of alkyl halides is 3. The van der Waals surface area contributed by atoms with Crippen LogP contribution in [0.15, 0.2) is 47.2 Å². The Kier molecular flexibility index (Phi) is 4.71. The highest BCUT2D eigenvalue weighted by molar-refractivity contribution is 9.10. The van der Waals surface area contributed by atoms with Gasteiger partial charge in [-0.25, -0.2) is 9.07 Å². The van der Waals surface area contributed by atoms with Crippen LogP contribution in [0.1, 0.15) is 11.4 Å². The molecule has 1 N–H and O–H groups in total. The number of hydrogen-bond donors (Lipinski definition) is 1. The molecule has 3 aromatic rings. The standard InChI is InChI=1S/C15H10BrF4N5/c16-9-1-2-13(12(17)5-9)25-8-11(23-24-25)7-22-10-3-4-21-14(6-10)15(18,19)20/h1-6,8H,7H2,(H,21,22). The van der Waals surface area contributed by atoms with Crippen LogP contribution in [-0.4, -0.2) is 20.0 Å². The minimum absolute atomic E-state index is 0.124. The number of benzene rings is 1. The molecule has 5 nitrogen and oxygen atoms in total. The van der Waals surface area contributed by atoms with E-state index >= 15 is 0 Å². The first-order valence-corrected chi connectivity index (χ1v) is 7.76. The van der Waals surface area contributed by atoms with E-state index in [4.69, 9.17) is 0 Å². The third-order valence-electron chi connectivity index (χ3n) is 3.22. The van der Waals surface area contributed by atoms with Gasteiger partial charge < -0.3 is 5.32 Å². The molecule has 2 aromatic heterocycles. The molecule has 0 amide bonds. The summed E-state index contributed by atoms with van der Waals surface area (Å²) in [5.41, 5.74) is -0.0947. The maximum Gasteiger partial charge on any atom is 0.433 e. The van der Waals surface area contributed by atoms with Gasteiger partial charge in [-0.05, 0) is 30.3 Å². The van der Waals surface area contributed by atoms with Crippen LogP contribution in [0.3, 0.4) is 0 Å². The van der Waals surface area contributed by atoms with Gasteiger partial charge in [0.15, 0.2) is 0 Å². The molecule has 0 aliphatic heterocycles. The lowest BCUT2D eigenvalue weighted by Crippen LogP contribution is -2.09. The summed E-state index contributed by atoms with van der Waals surface area (Å²) in [5.74, 6) is -0.484. The zero-order chi connectivity index (χ0) is 18.0. The van der Waals surface area contributed by atoms with Gasteiger partial charge in [0.05, 0.1) is 12.7 Å². The lowest BCUT2D eigenvalue weighted by molar-refractivity contribution is -0.141. The van der Waals surface area contributed by atoms with E-state index in [-0.39, 0.29) is 17.9 Å². The van der Waals surface area contributed by atoms with E-state index in [2.05, 4.69) is 36.5 Å². The van der Waals surface area contributed by atoms with E-state index in [1.165, 1.54) is 29.1 Å². The maximum absolute atomic E-state index is 13.9. The Morgan fingerprint density at radius 1 is 1.16 bits per heavy atom. The van der Waals surface area contributed by atoms with Gasteiger partial charge in [0, 0.05) is 16.4 Å². The molecule has 0 atom stereocenters. The molecule has 25 heavy (non-hydrogen) atoms. The van der Waals surface area contributed by atoms with Gasteiger partial charge in [0.25, 0.3) is 0 Å². The normalized spacial score (nSPS) is 11.6. The predicted octanol–water partition coefficient (Wildman–Crippen LogP) is 4.19. The van der Waals surface area contributed by atoms with E-state index < -0.39 is 17.7 Å². The molecule has 10 heteroatoms. The molecule has 1 aromatic carbocycles. The Labute approximate surface area is 147 Å². The Balaban J connectivity index is 1.72. The van der Waals surface area contributed by atoms with Crippen LogP contribution < -0.4 is 5.32 Å². The predicted molar refractivity (Wildman–Crippen MR) is 85.6 cm³/mol. The van der Waals surface area contributed by atoms with Gasteiger partial charge in [-0.15, -0.1) is 5.10 Å². The van der Waals surface area contributed by atoms with Crippen molar-refractivity contribution in [3.05, 3.63) is 64.4 Å². The van der Waals surface area contributed by atoms with E-state index in [9.17, 15) is 17.6 Å². The van der Waals surface area contributed by atoms with Gasteiger partial charge in [0.1, 0.15) is 22.9 Å². The van der Waals surface area contributed by atoms with Crippen LogP contribution in [0.5, 0.6) is 0 Å². The van der Waals surface area contributed by atoms with E-state index in [0.29, 0.717) is 10.2 Å². The lowest BCUT2D eigenvalue weighted by atomic mass is 10.3. The van der Waals surface area contributed by atoms with Gasteiger partial charge in [-0.3, -0.25) is 4.98 Å². The fraction of sp³-hybridized carbons (Fsp3) is 0.133. The lowest BCUT2D eigenvalue weighted by Gasteiger charge is -2.08. The van der Waals surface area contributed by atoms with Crippen LogP contribution >= 0.6 is 15.9 Å². The molecule has 0 spiro atoms. The molecule has 0 aliphatic carbocycles. The molecule has 0 aliphatic rings. The second-order valence-electron chi connectivity index (χ2n) is 5.03. The van der Waals surface area contributed by atoms with Crippen LogP contribution in [-0.2, 0) is 12.7 Å². The fourth-order valence-corrected chi connectivity index (χ4v) is 2.39. The van der Waals surface area contributed by atoms with E-state index in [1.807, 2.05) is 0 Å². The molecule has 130 valence electrons. The van der Waals surface area contributed by atoms with Crippen LogP contribution in [0.25, 0.3) is 5.69 Å². The van der Waals surface area contributed by atoms with Crippen molar-refractivity contribution in [2.45, 2.75) is 12.7 Å². The van der Waals surface area contributed by atoms with Crippen molar-refractivity contribution in [1.29, 1.82) is 0 Å². The number of nitrogens with one attached hydrogen (secondary N) is 1. The summed E-state index contributed by atoms with van der Waals surface area (Å²) in [6.45, 7) is 0.124. The summed E-state index contributed by atoms with van der Waals surface area (Å²) in [6, 6.07) is 6.80. The van der Waals surface area contributed by atoms with Gasteiger partial charge in [-0.1, -0.05) is 21.1 Å². The molecule has 0 saturated carbocycles. The number of nitrogens with zero attached hydrogens (tertiary/aromatic N) is 4. The highest BCUT2D eigenvalue weighted by Gasteiger charge is 2.32. The molecule has 0 radical (unpaired) electrons. The molecular weight excluding hydrogens is 406 g/mol. The van der Waals surface area contributed by atoms with Gasteiger partial charge in [-0.2, -0.15) is 13.2 Å². The summed E-state index contributed by atoms with van der Waals surface area (Å²) in [6.07, 6.45) is -1.95. The van der Waals surface area contributed by atoms with Crippen LogP contribution in [0, 0.1) is 5.82 Å². The number of rotatable bonds is 4. The van der Waals surface area contributed by atoms with E-state index in [1.54, 1.807) is 6.07 Å². The monoisotopic (exact) mass is 415 g/mol. The first-order chi connectivity index (χ1) is 11.8. The third-order valence-corrected chi connectivity index (χ3v) is 3.71. The maximum atomic E-state index is 13.9. The average molecular weight is 416 g/mol. The molecular formula is C15H10BrF4N5. The Hall–Kier alpha value is -2.49. The Bertz CT molecular complexity index is 894. The quantitative estimate of drug-likeness (QED) is 0.649. The summed E-state index contributed by atoms with van der Waals surface area (Å²) in [4.78, 5) is 3.28. The zero-order valence-corrected chi connectivity index (χ0v) is 14.0. The topological polar surface area (TPSA) is 55.6 Å². The summed E-state index contributed by atoms with van der Waals surface area (Å²) in [7, 11) is 0. The molecule has 2 heterocycles. The average Bonchev–Trinajstić information content (AvgIpc) is 3.01. The smallest absolute Gasteiger partial charge is 0.379 e. The summed E-state index contributed by atoms with van der Waals surface area (Å²) < 4.78 is 53.7. The molecule has 0 bridgehead atoms. The number of anilines is 1. The largest absolute Gasteiger partial charge is 0.433 e. The first kappa shape index (κ1) is 17.3. The second-order valence-corrected chi connectivity index (χ2v) is 5.95. The SMILES string of the molecule is Fc1cc(Br)ccc1-n1cc(CNc2ccnc(C(F)(F)F)c2)nn1. The Morgan fingerprint density at radius 3 is 2.68 bits per heavy atom. The molecule has 0 fully saturated rings. The van der Waals surface area contributed by atoms with Crippen molar-refractivity contribution in [3.8, 4) is 5.69 Å². The number of aromatic nitrogens is 4. The zero-order valence-electron chi connectivity index (χ0n) is 12.4. The van der Waals surface area contributed by atoms with Crippen molar-refractivity contribution in [1.82, 2.24) is 20.0 Å². The third kappa shape index (κ3) is 4.13. The first-order valence-electron chi connectivity index (χ1n) is 6.97. The summed E-state index contributed by atoms with van der Waals surface area (Å²) in [5, 5.41) is 10.5. The number of pyridine rings is 1. The highest BCUT2D eigenvalue weighted by Crippen LogP contribution is 2.28. The molecule has 3 rings (SSSR count). The highest BCUT2D eigenvalue weighted by atomic mass is 79.9. The number of halogens is 5. The minimum Gasteiger partial charge on any atom is -0.379 e. The van der Waals surface area contributed by atoms with Crippen LogP contribution in [0.2, 0.25) is 0 Å². The van der Waals surface area contributed by atoms with E-state index in [0.717, 1.165) is 12.3 Å². The fourth-order valence-electron chi connectivity index (χ4n) is 2.05. The van der Waals surface area contributed by atoms with Gasteiger partial charge >= 0.3 is 6.18 Å². The molecule has 0 saturated heterocycles. The van der Waals surface area contributed by atoms with Gasteiger partial charge in [0.2, 0.25) is 0 Å². The second kappa shape index (κ2) is 6.79. The van der Waals surface area contributed by atoms with Crippen molar-refractivity contribution in [3.63, 3.8) is 0 Å².